The van der Waals surface area contributed by atoms with Gasteiger partial charge in [-0.05, 0) is 13.0 Å². The van der Waals surface area contributed by atoms with Crippen molar-refractivity contribution in [1.29, 1.82) is 0 Å². The second kappa shape index (κ2) is 4.48. The van der Waals surface area contributed by atoms with Gasteiger partial charge in [0.25, 0.3) is 0 Å². The molecule has 0 radical (unpaired) electrons. The van der Waals surface area contributed by atoms with Crippen molar-refractivity contribution in [3.63, 3.8) is 0 Å². The third kappa shape index (κ3) is 2.41. The predicted molar refractivity (Wildman–Crippen MR) is 62.1 cm³/mol. The van der Waals surface area contributed by atoms with Crippen LogP contribution in [0.3, 0.4) is 0 Å². The monoisotopic (exact) mass is 235 g/mol. The number of anilines is 1. The van der Waals surface area contributed by atoms with E-state index in [1.165, 1.54) is 6.07 Å². The van der Waals surface area contributed by atoms with Crippen LogP contribution in [0.5, 0.6) is 0 Å². The molecule has 90 valence electrons. The maximum Gasteiger partial charge on any atom is 0.311 e. The molecule has 0 spiro atoms. The molecule has 1 aromatic rings. The van der Waals surface area contributed by atoms with E-state index in [0.717, 1.165) is 5.69 Å². The van der Waals surface area contributed by atoms with Crippen molar-refractivity contribution in [3.05, 3.63) is 27.9 Å². The number of hydrogen-bond donors (Lipinski definition) is 0. The lowest BCUT2D eigenvalue weighted by atomic mass is 10.1. The molecule has 1 saturated heterocycles. The van der Waals surface area contributed by atoms with E-state index in [2.05, 4.69) is 4.98 Å². The highest BCUT2D eigenvalue weighted by Crippen LogP contribution is 2.27. The Morgan fingerprint density at radius 3 is 2.59 bits per heavy atom. The number of carbonyl (C=O) groups is 1. The largest absolute Gasteiger partial charge is 0.350 e. The van der Waals surface area contributed by atoms with Crippen LogP contribution in [0.25, 0.3) is 0 Å². The topological polar surface area (TPSA) is 76.3 Å². The van der Waals surface area contributed by atoms with Gasteiger partial charge in [0.15, 0.2) is 0 Å². The Hall–Kier alpha value is -1.98. The van der Waals surface area contributed by atoms with Crippen LogP contribution in [0.15, 0.2) is 12.1 Å². The van der Waals surface area contributed by atoms with Gasteiger partial charge in [0, 0.05) is 37.7 Å². The minimum atomic E-state index is -0.432. The number of nitrogens with zero attached hydrogens (tertiary/aromatic N) is 3. The van der Waals surface area contributed by atoms with E-state index in [4.69, 9.17) is 0 Å². The lowest BCUT2D eigenvalue weighted by Crippen LogP contribution is -2.34. The number of ketones is 1. The van der Waals surface area contributed by atoms with Crippen LogP contribution in [0.2, 0.25) is 0 Å². The molecule has 0 amide bonds. The minimum Gasteiger partial charge on any atom is -0.350 e. The standard InChI is InChI=1S/C11H13N3O3/c1-8-2-3-10(14(16)17)11(12-8)13-6-4-9(15)5-7-13/h2-3H,4-7H2,1H3. The first-order valence-electron chi connectivity index (χ1n) is 5.46. The zero-order valence-corrected chi connectivity index (χ0v) is 9.55. The zero-order valence-electron chi connectivity index (χ0n) is 9.55. The Balaban J connectivity index is 2.33. The van der Waals surface area contributed by atoms with Gasteiger partial charge in [0.2, 0.25) is 5.82 Å². The van der Waals surface area contributed by atoms with Gasteiger partial charge in [-0.1, -0.05) is 0 Å². The van der Waals surface area contributed by atoms with Crippen molar-refractivity contribution >= 4 is 17.3 Å². The highest BCUT2D eigenvalue weighted by molar-refractivity contribution is 5.81. The number of aryl methyl sites for hydroxylation is 1. The summed E-state index contributed by atoms with van der Waals surface area (Å²) in [5.41, 5.74) is 0.743. The molecule has 0 aromatic carbocycles. The summed E-state index contributed by atoms with van der Waals surface area (Å²) in [6, 6.07) is 3.09. The normalized spacial score (nSPS) is 16.1. The van der Waals surface area contributed by atoms with E-state index in [1.807, 2.05) is 4.90 Å². The van der Waals surface area contributed by atoms with Crippen LogP contribution in [-0.2, 0) is 4.79 Å². The summed E-state index contributed by atoms with van der Waals surface area (Å²) in [5, 5.41) is 10.9. The Morgan fingerprint density at radius 1 is 1.35 bits per heavy atom. The molecule has 0 N–H and O–H groups in total. The van der Waals surface area contributed by atoms with Crippen molar-refractivity contribution < 1.29 is 9.72 Å². The fraction of sp³-hybridized carbons (Fsp3) is 0.455. The molecule has 1 aromatic heterocycles. The predicted octanol–water partition coefficient (Wildman–Crippen LogP) is 1.47. The molecule has 0 bridgehead atoms. The zero-order chi connectivity index (χ0) is 12.4. The minimum absolute atomic E-state index is 0.00458. The first kappa shape index (κ1) is 11.5. The number of pyridine rings is 1. The van der Waals surface area contributed by atoms with Crippen LogP contribution in [0.1, 0.15) is 18.5 Å². The molecular weight excluding hydrogens is 222 g/mol. The lowest BCUT2D eigenvalue weighted by Gasteiger charge is -2.26. The molecule has 0 aliphatic carbocycles. The number of rotatable bonds is 2. The summed E-state index contributed by atoms with van der Waals surface area (Å²) in [6.07, 6.45) is 0.875. The average Bonchev–Trinajstić information content (AvgIpc) is 2.29. The third-order valence-electron chi connectivity index (χ3n) is 2.81. The Kier molecular flexibility index (Phi) is 3.03. The van der Waals surface area contributed by atoms with Gasteiger partial charge >= 0.3 is 5.69 Å². The Labute approximate surface area is 98.4 Å². The molecule has 2 heterocycles. The van der Waals surface area contributed by atoms with Crippen LogP contribution < -0.4 is 4.90 Å². The molecule has 17 heavy (non-hydrogen) atoms. The summed E-state index contributed by atoms with van der Waals surface area (Å²) < 4.78 is 0. The van der Waals surface area contributed by atoms with Gasteiger partial charge in [0.1, 0.15) is 5.78 Å². The molecule has 6 nitrogen and oxygen atoms in total. The summed E-state index contributed by atoms with van der Waals surface area (Å²) in [6.45, 7) is 2.81. The number of piperidine rings is 1. The van der Waals surface area contributed by atoms with Crippen molar-refractivity contribution in [1.82, 2.24) is 4.98 Å². The molecule has 6 heteroatoms. The van der Waals surface area contributed by atoms with Gasteiger partial charge in [-0.3, -0.25) is 14.9 Å². The van der Waals surface area contributed by atoms with Crippen molar-refractivity contribution in [2.24, 2.45) is 0 Å². The molecular formula is C11H13N3O3. The highest BCUT2D eigenvalue weighted by Gasteiger charge is 2.24. The SMILES string of the molecule is Cc1ccc([N+](=O)[O-])c(N2CCC(=O)CC2)n1. The molecule has 2 rings (SSSR count). The Morgan fingerprint density at radius 2 is 2.00 bits per heavy atom. The van der Waals surface area contributed by atoms with Crippen LogP contribution in [-0.4, -0.2) is 28.8 Å². The van der Waals surface area contributed by atoms with Gasteiger partial charge in [0.05, 0.1) is 4.92 Å². The lowest BCUT2D eigenvalue weighted by molar-refractivity contribution is -0.384. The van der Waals surface area contributed by atoms with Gasteiger partial charge in [-0.2, -0.15) is 0 Å². The van der Waals surface area contributed by atoms with Crippen LogP contribution in [0, 0.1) is 17.0 Å². The fourth-order valence-electron chi connectivity index (χ4n) is 1.88. The van der Waals surface area contributed by atoms with E-state index >= 15 is 0 Å². The van der Waals surface area contributed by atoms with Crippen molar-refractivity contribution in [2.45, 2.75) is 19.8 Å². The van der Waals surface area contributed by atoms with E-state index in [-0.39, 0.29) is 11.5 Å². The molecule has 1 fully saturated rings. The molecule has 1 aliphatic heterocycles. The van der Waals surface area contributed by atoms with Crippen molar-refractivity contribution in [2.75, 3.05) is 18.0 Å². The first-order chi connectivity index (χ1) is 8.08. The van der Waals surface area contributed by atoms with Crippen molar-refractivity contribution in [3.8, 4) is 0 Å². The van der Waals surface area contributed by atoms with Crippen LogP contribution in [0.4, 0.5) is 11.5 Å². The van der Waals surface area contributed by atoms with Gasteiger partial charge in [-0.25, -0.2) is 4.98 Å². The molecule has 1 aliphatic rings. The van der Waals surface area contributed by atoms with E-state index in [1.54, 1.807) is 13.0 Å². The maximum absolute atomic E-state index is 11.1. The van der Waals surface area contributed by atoms with E-state index in [9.17, 15) is 14.9 Å². The maximum atomic E-state index is 11.1. The molecule has 0 atom stereocenters. The smallest absolute Gasteiger partial charge is 0.311 e. The van der Waals surface area contributed by atoms with E-state index in [0.29, 0.717) is 31.7 Å². The highest BCUT2D eigenvalue weighted by atomic mass is 16.6. The summed E-state index contributed by atoms with van der Waals surface area (Å²) in [5.74, 6) is 0.582. The Bertz CT molecular complexity index is 463. The quantitative estimate of drug-likeness (QED) is 0.573. The van der Waals surface area contributed by atoms with Gasteiger partial charge in [-0.15, -0.1) is 0 Å². The summed E-state index contributed by atoms with van der Waals surface area (Å²) in [7, 11) is 0. The first-order valence-corrected chi connectivity index (χ1v) is 5.46. The number of carbonyl (C=O) groups excluding carboxylic acids is 1. The fourth-order valence-corrected chi connectivity index (χ4v) is 1.88. The number of Topliss-reactive ketones (excluding diaryl/α,β-unsaturated/α-hetero) is 1. The van der Waals surface area contributed by atoms with Gasteiger partial charge < -0.3 is 4.90 Å². The number of nitro groups is 1. The average molecular weight is 235 g/mol. The van der Waals surface area contributed by atoms with E-state index < -0.39 is 4.92 Å². The third-order valence-corrected chi connectivity index (χ3v) is 2.81. The van der Waals surface area contributed by atoms with Crippen LogP contribution >= 0.6 is 0 Å². The number of hydrogen-bond acceptors (Lipinski definition) is 5. The molecule has 0 saturated carbocycles. The molecule has 0 unspecified atom stereocenters. The number of aromatic nitrogens is 1. The summed E-state index contributed by atoms with van der Waals surface area (Å²) >= 11 is 0. The second-order valence-corrected chi connectivity index (χ2v) is 4.08. The second-order valence-electron chi connectivity index (χ2n) is 4.08. The summed E-state index contributed by atoms with van der Waals surface area (Å²) in [4.78, 5) is 27.7.